The number of hydrogen-bond donors (Lipinski definition) is 3. The van der Waals surface area contributed by atoms with E-state index in [0.29, 0.717) is 11.4 Å². The van der Waals surface area contributed by atoms with Gasteiger partial charge in [0.2, 0.25) is 11.6 Å². The summed E-state index contributed by atoms with van der Waals surface area (Å²) in [4.78, 5) is 11.9. The van der Waals surface area contributed by atoms with E-state index < -0.39 is 28.2 Å². The van der Waals surface area contributed by atoms with Crippen molar-refractivity contribution < 1.29 is 22.7 Å². The highest BCUT2D eigenvalue weighted by Crippen LogP contribution is 2.41. The zero-order valence-electron chi connectivity index (χ0n) is 15.2. The number of allylic oxidation sites excluding steroid dienone is 1. The molecule has 1 heterocycles. The Labute approximate surface area is 163 Å². The standard InChI is InChI=1S/C19H16F3N5O2/c1-29-13-5-2-11(3-6-13)27(9-8-16(26-27)19(20,21)22)12-4-7-14(17(23)24)15(10-12)18(25)28/h2-10H,1H3,(H4-,23,24,25,28)/p+1. The van der Waals surface area contributed by atoms with Crippen LogP contribution in [0.15, 0.2) is 59.8 Å². The molecule has 5 N–H and O–H groups in total. The molecule has 0 aliphatic carbocycles. The van der Waals surface area contributed by atoms with Crippen LogP contribution in [-0.4, -0.2) is 30.7 Å². The second kappa shape index (κ2) is 7.06. The molecule has 1 amide bonds. The average Bonchev–Trinajstić information content (AvgIpc) is 3.14. The Balaban J connectivity index is 2.26. The number of nitrogen functional groups attached to an aromatic ring is 1. The van der Waals surface area contributed by atoms with Crippen LogP contribution in [0.3, 0.4) is 0 Å². The molecule has 0 radical (unpaired) electrons. The topological polar surface area (TPSA) is 115 Å². The lowest BCUT2D eigenvalue weighted by Crippen LogP contribution is -2.32. The predicted molar refractivity (Wildman–Crippen MR) is 103 cm³/mol. The van der Waals surface area contributed by atoms with E-state index in [1.807, 2.05) is 0 Å². The molecule has 0 spiro atoms. The van der Waals surface area contributed by atoms with Crippen molar-refractivity contribution in [2.45, 2.75) is 6.18 Å². The van der Waals surface area contributed by atoms with Gasteiger partial charge < -0.3 is 16.2 Å². The zero-order chi connectivity index (χ0) is 21.4. The van der Waals surface area contributed by atoms with Crippen LogP contribution in [0.4, 0.5) is 24.5 Å². The number of nitrogens with zero attached hydrogens (tertiary/aromatic N) is 2. The molecule has 0 saturated carbocycles. The molecule has 3 rings (SSSR count). The maximum atomic E-state index is 13.3. The van der Waals surface area contributed by atoms with E-state index in [-0.39, 0.29) is 16.8 Å². The fourth-order valence-corrected chi connectivity index (χ4v) is 3.00. The van der Waals surface area contributed by atoms with Gasteiger partial charge in [-0.1, -0.05) is 5.10 Å². The van der Waals surface area contributed by atoms with Gasteiger partial charge >= 0.3 is 6.18 Å². The van der Waals surface area contributed by atoms with Gasteiger partial charge in [-0.25, -0.2) is 0 Å². The van der Waals surface area contributed by atoms with Crippen LogP contribution in [0, 0.1) is 5.41 Å². The number of carbonyl (C=O) groups is 1. The number of ether oxygens (including phenoxy) is 1. The number of quaternary nitrogens is 1. The monoisotopic (exact) mass is 404 g/mol. The van der Waals surface area contributed by atoms with Crippen molar-refractivity contribution in [3.63, 3.8) is 0 Å². The summed E-state index contributed by atoms with van der Waals surface area (Å²) in [7, 11) is 1.47. The number of carbonyl (C=O) groups excluding carboxylic acids is 1. The van der Waals surface area contributed by atoms with Crippen LogP contribution in [0.25, 0.3) is 0 Å². The summed E-state index contributed by atoms with van der Waals surface area (Å²) in [5, 5.41) is 11.5. The Hall–Kier alpha value is -3.66. The Bertz CT molecular complexity index is 1040. The van der Waals surface area contributed by atoms with E-state index in [1.54, 1.807) is 24.3 Å². The highest BCUT2D eigenvalue weighted by Gasteiger charge is 2.46. The van der Waals surface area contributed by atoms with Crippen LogP contribution in [0.5, 0.6) is 5.75 Å². The van der Waals surface area contributed by atoms with Gasteiger partial charge in [-0.3, -0.25) is 10.2 Å². The highest BCUT2D eigenvalue weighted by atomic mass is 19.4. The van der Waals surface area contributed by atoms with Gasteiger partial charge in [0.1, 0.15) is 17.8 Å². The van der Waals surface area contributed by atoms with Crippen molar-refractivity contribution in [3.05, 3.63) is 65.9 Å². The van der Waals surface area contributed by atoms with E-state index in [2.05, 4.69) is 5.10 Å². The predicted octanol–water partition coefficient (Wildman–Crippen LogP) is 3.16. The van der Waals surface area contributed by atoms with Crippen molar-refractivity contribution in [2.75, 3.05) is 7.11 Å². The summed E-state index contributed by atoms with van der Waals surface area (Å²) in [6.07, 6.45) is -2.54. The van der Waals surface area contributed by atoms with Crippen molar-refractivity contribution in [2.24, 2.45) is 16.6 Å². The first kappa shape index (κ1) is 20.1. The van der Waals surface area contributed by atoms with Crippen LogP contribution in [0.2, 0.25) is 0 Å². The second-order valence-corrected chi connectivity index (χ2v) is 6.19. The molecule has 2 aromatic carbocycles. The first-order chi connectivity index (χ1) is 13.6. The van der Waals surface area contributed by atoms with Gasteiger partial charge in [0.15, 0.2) is 11.4 Å². The number of nitrogens with one attached hydrogen (secondary N) is 1. The highest BCUT2D eigenvalue weighted by molar-refractivity contribution is 6.08. The van der Waals surface area contributed by atoms with Gasteiger partial charge in [-0.15, -0.1) is 4.59 Å². The largest absolute Gasteiger partial charge is 0.497 e. The number of alkyl halides is 3. The van der Waals surface area contributed by atoms with E-state index in [9.17, 15) is 18.0 Å². The molecule has 0 saturated heterocycles. The number of hydrogen-bond acceptors (Lipinski definition) is 4. The number of amidine groups is 1. The summed E-state index contributed by atoms with van der Waals surface area (Å²) in [6, 6.07) is 10.4. The summed E-state index contributed by atoms with van der Waals surface area (Å²) >= 11 is 0. The first-order valence-electron chi connectivity index (χ1n) is 8.27. The second-order valence-electron chi connectivity index (χ2n) is 6.19. The lowest BCUT2D eigenvalue weighted by atomic mass is 10.0. The average molecular weight is 404 g/mol. The number of rotatable bonds is 5. The molecule has 10 heteroatoms. The SMILES string of the molecule is COc1ccc([N+]2(c3ccc(C(=N)N)c(C(N)=O)c3)C=CC(C(F)(F)F)=N2)cc1. The molecule has 2 aromatic rings. The maximum Gasteiger partial charge on any atom is 0.438 e. The van der Waals surface area contributed by atoms with Crippen LogP contribution >= 0.6 is 0 Å². The molecular formula is C19H17F3N5O2+. The van der Waals surface area contributed by atoms with Gasteiger partial charge in [0.05, 0.1) is 12.7 Å². The molecular weight excluding hydrogens is 387 g/mol. The Kier molecular flexibility index (Phi) is 4.89. The molecule has 7 nitrogen and oxygen atoms in total. The number of halogens is 3. The van der Waals surface area contributed by atoms with Crippen molar-refractivity contribution in [1.29, 1.82) is 5.41 Å². The Morgan fingerprint density at radius 1 is 1.07 bits per heavy atom. The van der Waals surface area contributed by atoms with E-state index >= 15 is 0 Å². The van der Waals surface area contributed by atoms with E-state index in [1.165, 1.54) is 31.5 Å². The van der Waals surface area contributed by atoms with Gasteiger partial charge in [-0.2, -0.15) is 13.2 Å². The van der Waals surface area contributed by atoms with Gasteiger partial charge in [-0.05, 0) is 18.2 Å². The van der Waals surface area contributed by atoms with Gasteiger partial charge in [0, 0.05) is 35.9 Å². The summed E-state index contributed by atoms with van der Waals surface area (Å²) in [5.41, 5.74) is 10.4. The van der Waals surface area contributed by atoms with Crippen molar-refractivity contribution in [1.82, 2.24) is 4.59 Å². The van der Waals surface area contributed by atoms with E-state index in [4.69, 9.17) is 21.6 Å². The Morgan fingerprint density at radius 3 is 2.17 bits per heavy atom. The van der Waals surface area contributed by atoms with Crippen LogP contribution in [0.1, 0.15) is 15.9 Å². The molecule has 1 unspecified atom stereocenters. The zero-order valence-corrected chi connectivity index (χ0v) is 15.2. The maximum absolute atomic E-state index is 13.3. The molecule has 0 fully saturated rings. The summed E-state index contributed by atoms with van der Waals surface area (Å²) in [5.74, 6) is -0.745. The summed E-state index contributed by atoms with van der Waals surface area (Å²) in [6.45, 7) is 0. The van der Waals surface area contributed by atoms with E-state index in [0.717, 1.165) is 6.08 Å². The lowest BCUT2D eigenvalue weighted by molar-refractivity contribution is -0.0580. The van der Waals surface area contributed by atoms with Crippen LogP contribution < -0.4 is 20.8 Å². The Morgan fingerprint density at radius 2 is 1.69 bits per heavy atom. The molecule has 150 valence electrons. The third-order valence-corrected chi connectivity index (χ3v) is 4.42. The number of amides is 1. The van der Waals surface area contributed by atoms with Crippen molar-refractivity contribution >= 4 is 28.8 Å². The lowest BCUT2D eigenvalue weighted by Gasteiger charge is -2.26. The third-order valence-electron chi connectivity index (χ3n) is 4.42. The quantitative estimate of drug-likeness (QED) is 0.404. The molecule has 1 atom stereocenters. The number of primary amides is 1. The minimum Gasteiger partial charge on any atom is -0.497 e. The molecule has 0 aromatic heterocycles. The molecule has 29 heavy (non-hydrogen) atoms. The molecule has 1 aliphatic heterocycles. The fourth-order valence-electron chi connectivity index (χ4n) is 3.00. The molecule has 0 bridgehead atoms. The minimum atomic E-state index is -4.66. The van der Waals surface area contributed by atoms with Crippen LogP contribution in [-0.2, 0) is 0 Å². The minimum absolute atomic E-state index is 0.0809. The van der Waals surface area contributed by atoms with Crippen molar-refractivity contribution in [3.8, 4) is 5.75 Å². The fraction of sp³-hybridized carbons (Fsp3) is 0.105. The number of nitrogens with two attached hydrogens (primary N) is 2. The summed E-state index contributed by atoms with van der Waals surface area (Å²) < 4.78 is 44.3. The number of benzene rings is 2. The number of methoxy groups -OCH3 is 1. The first-order valence-corrected chi connectivity index (χ1v) is 8.27. The smallest absolute Gasteiger partial charge is 0.438 e. The molecule has 1 aliphatic rings. The third kappa shape index (κ3) is 3.57. The normalized spacial score (nSPS) is 18.4. The van der Waals surface area contributed by atoms with Gasteiger partial charge in [0.25, 0.3) is 0 Å².